The van der Waals surface area contributed by atoms with E-state index >= 15 is 0 Å². The summed E-state index contributed by atoms with van der Waals surface area (Å²) in [6.45, 7) is 3.19. The highest BCUT2D eigenvalue weighted by molar-refractivity contribution is 7.89. The summed E-state index contributed by atoms with van der Waals surface area (Å²) >= 11 is 0. The van der Waals surface area contributed by atoms with E-state index in [9.17, 15) is 13.2 Å². The highest BCUT2D eigenvalue weighted by atomic mass is 32.2. The third-order valence-corrected chi connectivity index (χ3v) is 8.52. The summed E-state index contributed by atoms with van der Waals surface area (Å²) in [5.74, 6) is 0.207. The number of methoxy groups -OCH3 is 1. The number of hydrogen-bond donors (Lipinski definition) is 1. The molecule has 3 fully saturated rings. The largest absolute Gasteiger partial charge is 0.495 e. The first-order valence-corrected chi connectivity index (χ1v) is 13.4. The van der Waals surface area contributed by atoms with Crippen LogP contribution >= 0.6 is 0 Å². The number of rotatable bonds is 7. The average molecular weight is 482 g/mol. The summed E-state index contributed by atoms with van der Waals surface area (Å²) in [4.78, 5) is 15.2. The van der Waals surface area contributed by atoms with Crippen LogP contribution < -0.4 is 10.1 Å². The summed E-state index contributed by atoms with van der Waals surface area (Å²) in [6, 6.07) is 4.70. The number of ether oxygens (including phenoxy) is 3. The molecule has 1 atom stereocenters. The molecule has 0 radical (unpaired) electrons. The van der Waals surface area contributed by atoms with Gasteiger partial charge in [-0.2, -0.15) is 4.31 Å². The lowest BCUT2D eigenvalue weighted by Gasteiger charge is -2.37. The van der Waals surface area contributed by atoms with E-state index in [1.807, 2.05) is 0 Å². The van der Waals surface area contributed by atoms with E-state index < -0.39 is 10.0 Å². The highest BCUT2D eigenvalue weighted by Gasteiger charge is 2.34. The van der Waals surface area contributed by atoms with Crippen molar-refractivity contribution in [2.45, 2.75) is 62.2 Å². The Hall–Kier alpha value is -1.72. The fourth-order valence-electron chi connectivity index (χ4n) is 4.87. The van der Waals surface area contributed by atoms with Gasteiger partial charge in [-0.1, -0.05) is 19.3 Å². The van der Waals surface area contributed by atoms with Gasteiger partial charge in [0, 0.05) is 13.1 Å². The molecule has 0 aliphatic carbocycles. The zero-order valence-corrected chi connectivity index (χ0v) is 20.1. The van der Waals surface area contributed by atoms with Gasteiger partial charge in [0.1, 0.15) is 5.75 Å². The topological polar surface area (TPSA) is 97.4 Å². The molecular formula is C23H35N3O6S. The number of hydrogen-bond acceptors (Lipinski definition) is 7. The summed E-state index contributed by atoms with van der Waals surface area (Å²) < 4.78 is 44.8. The van der Waals surface area contributed by atoms with Crippen molar-refractivity contribution in [3.05, 3.63) is 18.2 Å². The molecule has 1 amide bonds. The Labute approximate surface area is 196 Å². The summed E-state index contributed by atoms with van der Waals surface area (Å²) in [5, 5.41) is 2.88. The molecule has 3 aliphatic rings. The number of carbonyl (C=O) groups excluding carboxylic acids is 1. The summed E-state index contributed by atoms with van der Waals surface area (Å²) in [5.41, 5.74) is 0.361. The van der Waals surface area contributed by atoms with Crippen molar-refractivity contribution in [2.24, 2.45) is 0 Å². The SMILES string of the molecule is COc1ccc(S(=O)(=O)N2CCCCCC2)cc1NC(=O)CN1CCCCC1C1OCCO1. The van der Waals surface area contributed by atoms with Crippen molar-refractivity contribution < 1.29 is 27.4 Å². The first-order valence-electron chi connectivity index (χ1n) is 11.9. The Kier molecular flexibility index (Phi) is 8.24. The molecule has 3 saturated heterocycles. The molecule has 1 unspecified atom stereocenters. The third-order valence-electron chi connectivity index (χ3n) is 6.62. The standard InChI is InChI=1S/C23H35N3O6S/c1-30-21-10-9-18(33(28,29)26-12-5-2-3-6-13-26)16-19(21)24-22(27)17-25-11-7-4-8-20(25)23-31-14-15-32-23/h9-10,16,20,23H,2-8,11-15,17H2,1H3,(H,24,27). The van der Waals surface area contributed by atoms with Gasteiger partial charge in [-0.15, -0.1) is 0 Å². The van der Waals surface area contributed by atoms with E-state index in [-0.39, 0.29) is 29.7 Å². The van der Waals surface area contributed by atoms with Crippen LogP contribution in [0.5, 0.6) is 5.75 Å². The third kappa shape index (κ3) is 5.86. The van der Waals surface area contributed by atoms with Crippen LogP contribution in [-0.4, -0.2) is 82.4 Å². The maximum absolute atomic E-state index is 13.2. The number of benzene rings is 1. The van der Waals surface area contributed by atoms with Crippen LogP contribution in [0, 0.1) is 0 Å². The summed E-state index contributed by atoms with van der Waals surface area (Å²) in [7, 11) is -2.13. The average Bonchev–Trinajstić information content (AvgIpc) is 3.20. The molecule has 9 nitrogen and oxygen atoms in total. The van der Waals surface area contributed by atoms with E-state index in [4.69, 9.17) is 14.2 Å². The van der Waals surface area contributed by atoms with Crippen LogP contribution in [0.3, 0.4) is 0 Å². The number of carbonyl (C=O) groups is 1. The molecule has 3 aliphatic heterocycles. The Morgan fingerprint density at radius 3 is 2.45 bits per heavy atom. The van der Waals surface area contributed by atoms with Gasteiger partial charge >= 0.3 is 0 Å². The van der Waals surface area contributed by atoms with Crippen molar-refractivity contribution in [3.8, 4) is 5.75 Å². The van der Waals surface area contributed by atoms with Crippen LogP contribution in [0.2, 0.25) is 0 Å². The van der Waals surface area contributed by atoms with Gasteiger partial charge in [0.05, 0.1) is 43.5 Å². The lowest BCUT2D eigenvalue weighted by Crippen LogP contribution is -2.50. The Morgan fingerprint density at radius 2 is 1.76 bits per heavy atom. The van der Waals surface area contributed by atoms with Gasteiger partial charge < -0.3 is 19.5 Å². The van der Waals surface area contributed by atoms with Crippen LogP contribution in [0.4, 0.5) is 5.69 Å². The lowest BCUT2D eigenvalue weighted by atomic mass is 10.0. The van der Waals surface area contributed by atoms with Gasteiger partial charge in [-0.25, -0.2) is 8.42 Å². The molecule has 1 aromatic carbocycles. The van der Waals surface area contributed by atoms with Crippen LogP contribution in [0.15, 0.2) is 23.1 Å². The Bertz CT molecular complexity index is 911. The maximum Gasteiger partial charge on any atom is 0.243 e. The Morgan fingerprint density at radius 1 is 1.06 bits per heavy atom. The van der Waals surface area contributed by atoms with Gasteiger partial charge in [0.25, 0.3) is 0 Å². The molecule has 1 aromatic rings. The number of likely N-dealkylation sites (tertiary alicyclic amines) is 1. The van der Waals surface area contributed by atoms with Crippen LogP contribution in [-0.2, 0) is 24.3 Å². The molecule has 3 heterocycles. The molecule has 10 heteroatoms. The minimum absolute atomic E-state index is 0.0450. The first-order chi connectivity index (χ1) is 16.0. The molecule has 0 saturated carbocycles. The second-order valence-electron chi connectivity index (χ2n) is 8.87. The fraction of sp³-hybridized carbons (Fsp3) is 0.696. The van der Waals surface area contributed by atoms with Gasteiger partial charge in [0.15, 0.2) is 6.29 Å². The lowest BCUT2D eigenvalue weighted by molar-refractivity contribution is -0.127. The summed E-state index contributed by atoms with van der Waals surface area (Å²) in [6.07, 6.45) is 6.54. The molecule has 184 valence electrons. The van der Waals surface area contributed by atoms with Crippen molar-refractivity contribution >= 4 is 21.6 Å². The van der Waals surface area contributed by atoms with Crippen molar-refractivity contribution in [3.63, 3.8) is 0 Å². The number of nitrogens with zero attached hydrogens (tertiary/aromatic N) is 2. The smallest absolute Gasteiger partial charge is 0.243 e. The maximum atomic E-state index is 13.2. The van der Waals surface area contributed by atoms with E-state index in [1.54, 1.807) is 16.4 Å². The predicted octanol–water partition coefficient (Wildman–Crippen LogP) is 2.43. The quantitative estimate of drug-likeness (QED) is 0.639. The van der Waals surface area contributed by atoms with Crippen molar-refractivity contribution in [2.75, 3.05) is 51.8 Å². The second-order valence-corrected chi connectivity index (χ2v) is 10.8. The van der Waals surface area contributed by atoms with Crippen molar-refractivity contribution in [1.29, 1.82) is 0 Å². The predicted molar refractivity (Wildman–Crippen MR) is 124 cm³/mol. The Balaban J connectivity index is 1.47. The van der Waals surface area contributed by atoms with E-state index in [0.29, 0.717) is 37.7 Å². The number of amides is 1. The molecular weight excluding hydrogens is 446 g/mol. The van der Waals surface area contributed by atoms with E-state index in [1.165, 1.54) is 13.2 Å². The molecule has 33 heavy (non-hydrogen) atoms. The molecule has 4 rings (SSSR count). The number of piperidine rings is 1. The van der Waals surface area contributed by atoms with E-state index in [0.717, 1.165) is 51.5 Å². The molecule has 0 bridgehead atoms. The first kappa shape index (κ1) is 24.4. The monoisotopic (exact) mass is 481 g/mol. The fourth-order valence-corrected chi connectivity index (χ4v) is 6.41. The molecule has 0 spiro atoms. The zero-order valence-electron chi connectivity index (χ0n) is 19.3. The van der Waals surface area contributed by atoms with Crippen LogP contribution in [0.25, 0.3) is 0 Å². The molecule has 1 N–H and O–H groups in total. The van der Waals surface area contributed by atoms with Gasteiger partial charge in [-0.3, -0.25) is 9.69 Å². The zero-order chi connectivity index (χ0) is 23.3. The minimum Gasteiger partial charge on any atom is -0.495 e. The normalized spacial score (nSPS) is 23.8. The second kappa shape index (κ2) is 11.1. The number of sulfonamides is 1. The van der Waals surface area contributed by atoms with Crippen LogP contribution in [0.1, 0.15) is 44.9 Å². The van der Waals surface area contributed by atoms with Crippen molar-refractivity contribution in [1.82, 2.24) is 9.21 Å². The minimum atomic E-state index is -3.63. The highest BCUT2D eigenvalue weighted by Crippen LogP contribution is 2.30. The molecule has 0 aromatic heterocycles. The van der Waals surface area contributed by atoms with Gasteiger partial charge in [0.2, 0.25) is 15.9 Å². The number of nitrogens with one attached hydrogen (secondary N) is 1. The van der Waals surface area contributed by atoms with E-state index in [2.05, 4.69) is 10.2 Å². The number of anilines is 1. The van der Waals surface area contributed by atoms with Gasteiger partial charge in [-0.05, 0) is 50.4 Å².